The van der Waals surface area contributed by atoms with E-state index in [4.69, 9.17) is 19.9 Å². The lowest BCUT2D eigenvalue weighted by atomic mass is 9.43. The van der Waals surface area contributed by atoms with Crippen LogP contribution in [0.4, 0.5) is 0 Å². The third-order valence-electron chi connectivity index (χ3n) is 14.5. The van der Waals surface area contributed by atoms with Crippen LogP contribution in [0.2, 0.25) is 0 Å². The molecule has 6 aliphatic rings. The molecule has 0 amide bonds. The maximum Gasteiger partial charge on any atom is 0.164 e. The van der Waals surface area contributed by atoms with Crippen LogP contribution in [-0.4, -0.2) is 19.9 Å². The molecule has 4 saturated carbocycles. The highest BCUT2D eigenvalue weighted by Crippen LogP contribution is 2.69. The summed E-state index contributed by atoms with van der Waals surface area (Å²) in [5, 5.41) is 0. The lowest BCUT2D eigenvalue weighted by Gasteiger charge is -2.61. The van der Waals surface area contributed by atoms with Crippen molar-refractivity contribution in [1.82, 2.24) is 19.9 Å². The number of nitrogens with zero attached hydrogens (tertiary/aromatic N) is 4. The minimum atomic E-state index is 0.0699. The van der Waals surface area contributed by atoms with E-state index in [-0.39, 0.29) is 5.41 Å². The molecule has 2 aromatic heterocycles. The minimum Gasteiger partial charge on any atom is -0.256 e. The molecule has 4 fully saturated rings. The quantitative estimate of drug-likeness (QED) is 0.181. The van der Waals surface area contributed by atoms with Crippen molar-refractivity contribution in [2.75, 3.05) is 0 Å². The molecule has 8 aromatic rings. The number of hydrogen-bond acceptors (Lipinski definition) is 4. The van der Waals surface area contributed by atoms with Crippen molar-refractivity contribution >= 4 is 0 Å². The summed E-state index contributed by atoms with van der Waals surface area (Å²) in [6.45, 7) is 0. The summed E-state index contributed by atoms with van der Waals surface area (Å²) in [7, 11) is 0. The number of aromatic nitrogens is 4. The van der Waals surface area contributed by atoms with Crippen molar-refractivity contribution in [2.45, 2.75) is 37.5 Å². The molecule has 2 heterocycles. The Morgan fingerprint density at radius 3 is 1.40 bits per heavy atom. The Hall–Kier alpha value is -6.52. The van der Waals surface area contributed by atoms with E-state index >= 15 is 0 Å². The van der Waals surface area contributed by atoms with Crippen LogP contribution in [0.15, 0.2) is 158 Å². The molecule has 4 nitrogen and oxygen atoms in total. The highest BCUT2D eigenvalue weighted by Gasteiger charge is 2.61. The fraction of sp³-hybridized carbons (Fsp3) is 0.185. The first-order chi connectivity index (χ1) is 28.7. The molecule has 0 N–H and O–H groups in total. The fourth-order valence-electron chi connectivity index (χ4n) is 12.5. The molecule has 14 rings (SSSR count). The number of hydrogen-bond donors (Lipinski definition) is 0. The van der Waals surface area contributed by atoms with Gasteiger partial charge in [0, 0.05) is 33.9 Å². The van der Waals surface area contributed by atoms with E-state index in [1.165, 1.54) is 93.3 Å². The Morgan fingerprint density at radius 1 is 0.362 bits per heavy atom. The van der Waals surface area contributed by atoms with Gasteiger partial charge in [0.25, 0.3) is 0 Å². The van der Waals surface area contributed by atoms with Gasteiger partial charge in [0.05, 0.1) is 5.69 Å². The highest BCUT2D eigenvalue weighted by molar-refractivity contribution is 6.03. The lowest BCUT2D eigenvalue weighted by Crippen LogP contribution is -2.55. The van der Waals surface area contributed by atoms with Crippen LogP contribution >= 0.6 is 0 Å². The van der Waals surface area contributed by atoms with E-state index < -0.39 is 0 Å². The molecule has 0 unspecified atom stereocenters. The zero-order valence-corrected chi connectivity index (χ0v) is 32.1. The van der Waals surface area contributed by atoms with E-state index in [0.29, 0.717) is 29.3 Å². The maximum atomic E-state index is 5.34. The average Bonchev–Trinajstić information content (AvgIpc) is 3.57. The zero-order chi connectivity index (χ0) is 38.0. The molecule has 6 aliphatic carbocycles. The number of rotatable bonds is 3. The Bertz CT molecular complexity index is 2950. The second-order valence-corrected chi connectivity index (χ2v) is 17.4. The smallest absolute Gasteiger partial charge is 0.164 e. The van der Waals surface area contributed by atoms with Crippen molar-refractivity contribution in [1.29, 1.82) is 0 Å². The maximum absolute atomic E-state index is 5.34. The summed E-state index contributed by atoms with van der Waals surface area (Å²) < 4.78 is 0. The van der Waals surface area contributed by atoms with Gasteiger partial charge in [-0.25, -0.2) is 15.0 Å². The Kier molecular flexibility index (Phi) is 6.87. The number of pyridine rings is 1. The Labute approximate surface area is 338 Å². The van der Waals surface area contributed by atoms with Gasteiger partial charge in [-0.1, -0.05) is 133 Å². The highest BCUT2D eigenvalue weighted by atomic mass is 15.0. The van der Waals surface area contributed by atoms with E-state index in [1.54, 1.807) is 0 Å². The van der Waals surface area contributed by atoms with Gasteiger partial charge < -0.3 is 0 Å². The van der Waals surface area contributed by atoms with Crippen molar-refractivity contribution in [3.63, 3.8) is 0 Å². The van der Waals surface area contributed by atoms with Crippen LogP contribution in [0.5, 0.6) is 0 Å². The van der Waals surface area contributed by atoms with Crippen molar-refractivity contribution in [2.24, 2.45) is 23.7 Å². The predicted octanol–water partition coefficient (Wildman–Crippen LogP) is 13.0. The van der Waals surface area contributed by atoms with Crippen LogP contribution in [0.1, 0.15) is 43.2 Å². The molecular formula is C54H40N4. The predicted molar refractivity (Wildman–Crippen MR) is 232 cm³/mol. The van der Waals surface area contributed by atoms with Gasteiger partial charge in [-0.2, -0.15) is 0 Å². The molecule has 6 aromatic carbocycles. The first kappa shape index (κ1) is 32.6. The van der Waals surface area contributed by atoms with Crippen molar-refractivity contribution in [3.8, 4) is 89.9 Å². The SMILES string of the molecule is c1ccc(-c2nc(-c3ccc4c(c3)-c3ccccc3-c3ccccc3-c3ccccc3-4)nc(-c3ccc4c(c3)-c3ncccc3C43C4CC5CC(C4)CC3C5)n2)cc1. The van der Waals surface area contributed by atoms with Gasteiger partial charge in [-0.05, 0) is 130 Å². The minimum absolute atomic E-state index is 0.0699. The van der Waals surface area contributed by atoms with Gasteiger partial charge in [0.15, 0.2) is 17.5 Å². The Balaban J connectivity index is 0.998. The molecule has 276 valence electrons. The second-order valence-electron chi connectivity index (χ2n) is 17.4. The first-order valence-corrected chi connectivity index (χ1v) is 21.1. The monoisotopic (exact) mass is 744 g/mol. The fourth-order valence-corrected chi connectivity index (χ4v) is 12.5. The van der Waals surface area contributed by atoms with E-state index in [2.05, 4.69) is 146 Å². The number of fused-ring (bicyclic) bond motifs is 11. The molecule has 4 bridgehead atoms. The molecule has 0 radical (unpaired) electrons. The molecule has 0 atom stereocenters. The van der Waals surface area contributed by atoms with E-state index in [0.717, 1.165) is 34.2 Å². The second kappa shape index (κ2) is 12.2. The number of benzene rings is 6. The van der Waals surface area contributed by atoms with E-state index in [1.807, 2.05) is 12.3 Å². The van der Waals surface area contributed by atoms with Gasteiger partial charge in [0.2, 0.25) is 0 Å². The van der Waals surface area contributed by atoms with Gasteiger partial charge in [0.1, 0.15) is 0 Å². The van der Waals surface area contributed by atoms with Crippen LogP contribution in [0.3, 0.4) is 0 Å². The van der Waals surface area contributed by atoms with Gasteiger partial charge in [-0.3, -0.25) is 4.98 Å². The summed E-state index contributed by atoms with van der Waals surface area (Å²) >= 11 is 0. The molecule has 0 aliphatic heterocycles. The summed E-state index contributed by atoms with van der Waals surface area (Å²) in [6, 6.07) is 55.1. The van der Waals surface area contributed by atoms with Crippen LogP contribution in [0, 0.1) is 23.7 Å². The Morgan fingerprint density at radius 2 is 0.828 bits per heavy atom. The normalized spacial score (nSPS) is 22.6. The summed E-state index contributed by atoms with van der Waals surface area (Å²) in [6.07, 6.45) is 8.82. The third kappa shape index (κ3) is 4.57. The summed E-state index contributed by atoms with van der Waals surface area (Å²) in [4.78, 5) is 20.9. The largest absolute Gasteiger partial charge is 0.256 e. The van der Waals surface area contributed by atoms with Crippen molar-refractivity contribution < 1.29 is 0 Å². The molecular weight excluding hydrogens is 705 g/mol. The van der Waals surface area contributed by atoms with Gasteiger partial charge >= 0.3 is 0 Å². The van der Waals surface area contributed by atoms with Crippen molar-refractivity contribution in [3.05, 3.63) is 169 Å². The van der Waals surface area contributed by atoms with E-state index in [9.17, 15) is 0 Å². The summed E-state index contributed by atoms with van der Waals surface area (Å²) in [5.74, 6) is 5.19. The molecule has 58 heavy (non-hydrogen) atoms. The van der Waals surface area contributed by atoms with Crippen LogP contribution in [-0.2, 0) is 5.41 Å². The zero-order valence-electron chi connectivity index (χ0n) is 32.1. The molecule has 0 saturated heterocycles. The van der Waals surface area contributed by atoms with Crippen LogP contribution < -0.4 is 0 Å². The molecule has 1 spiro atoms. The molecule has 4 heteroatoms. The van der Waals surface area contributed by atoms with Crippen LogP contribution in [0.25, 0.3) is 89.9 Å². The lowest BCUT2D eigenvalue weighted by molar-refractivity contribution is -0.0400. The average molecular weight is 745 g/mol. The standard InChI is InChI=1S/C54H40N4/c1-2-11-34(12-3-1)51-56-52(35-20-22-45-43-17-7-6-15-41(43)39-13-4-5-14-40(39)42-16-8-9-18-44(42)46(45)30-35)58-53(57-51)36-21-23-48-47(31-36)50-49(19-10-24-55-50)54(48)37-26-32-25-33(28-37)29-38(54)27-32/h1-24,30-33,37-38H,25-29H2. The topological polar surface area (TPSA) is 51.6 Å². The third-order valence-corrected chi connectivity index (χ3v) is 14.5. The van der Waals surface area contributed by atoms with Gasteiger partial charge in [-0.15, -0.1) is 0 Å². The summed E-state index contributed by atoms with van der Waals surface area (Å²) in [5.41, 5.74) is 18.1. The first-order valence-electron chi connectivity index (χ1n) is 21.1.